The molecular formula is C16H18ClNOS. The number of rotatable bonds is 6. The summed E-state index contributed by atoms with van der Waals surface area (Å²) in [5.41, 5.74) is 3.33. The zero-order valence-corrected chi connectivity index (χ0v) is 12.9. The number of halogens is 1. The van der Waals surface area contributed by atoms with Gasteiger partial charge in [-0.2, -0.15) is 0 Å². The molecule has 1 atom stereocenters. The Bertz CT molecular complexity index is 544. The first-order valence-electron chi connectivity index (χ1n) is 6.45. The van der Waals surface area contributed by atoms with Crippen molar-refractivity contribution in [1.29, 1.82) is 0 Å². The highest BCUT2D eigenvalue weighted by Crippen LogP contribution is 2.25. The normalized spacial score (nSPS) is 12.2. The predicted molar refractivity (Wildman–Crippen MR) is 88.9 cm³/mol. The van der Waals surface area contributed by atoms with Crippen LogP contribution in [0.2, 0.25) is 0 Å². The summed E-state index contributed by atoms with van der Waals surface area (Å²) in [6.45, 7) is 0.457. The quantitative estimate of drug-likeness (QED) is 0.623. The molecular weight excluding hydrogens is 290 g/mol. The lowest BCUT2D eigenvalue weighted by atomic mass is 10.1. The summed E-state index contributed by atoms with van der Waals surface area (Å²) in [6, 6.07) is 16.6. The van der Waals surface area contributed by atoms with E-state index in [1.807, 2.05) is 12.1 Å². The Hall–Kier alpha value is -1.16. The van der Waals surface area contributed by atoms with Gasteiger partial charge in [0.25, 0.3) is 0 Å². The number of hydrogen-bond acceptors (Lipinski definition) is 3. The van der Waals surface area contributed by atoms with Crippen LogP contribution >= 0.6 is 23.4 Å². The topological polar surface area (TPSA) is 32.3 Å². The highest BCUT2D eigenvalue weighted by Gasteiger charge is 2.03. The number of nitrogens with one attached hydrogen (secondary N) is 1. The van der Waals surface area contributed by atoms with Gasteiger partial charge >= 0.3 is 0 Å². The van der Waals surface area contributed by atoms with Crippen LogP contribution in [0.15, 0.2) is 53.4 Å². The predicted octanol–water partition coefficient (Wildman–Crippen LogP) is 4.09. The Morgan fingerprint density at radius 3 is 2.55 bits per heavy atom. The van der Waals surface area contributed by atoms with Crippen molar-refractivity contribution in [1.82, 2.24) is 0 Å². The minimum Gasteiger partial charge on any atom is -0.390 e. The second kappa shape index (κ2) is 7.58. The van der Waals surface area contributed by atoms with E-state index in [0.29, 0.717) is 6.54 Å². The lowest BCUT2D eigenvalue weighted by Gasteiger charge is -2.11. The third-order valence-corrected chi connectivity index (χ3v) is 4.11. The van der Waals surface area contributed by atoms with Gasteiger partial charge in [0.1, 0.15) is 0 Å². The second-order valence-electron chi connectivity index (χ2n) is 4.50. The fourth-order valence-corrected chi connectivity index (χ4v) is 2.40. The number of aliphatic hydroxyl groups excluding tert-OH is 1. The summed E-state index contributed by atoms with van der Waals surface area (Å²) in [7, 11) is 0. The molecule has 0 radical (unpaired) electrons. The van der Waals surface area contributed by atoms with Crippen molar-refractivity contribution in [3.05, 3.63) is 48.5 Å². The van der Waals surface area contributed by atoms with E-state index >= 15 is 0 Å². The fourth-order valence-electron chi connectivity index (χ4n) is 1.88. The molecule has 106 valence electrons. The molecule has 0 bridgehead atoms. The highest BCUT2D eigenvalue weighted by atomic mass is 35.5. The van der Waals surface area contributed by atoms with Crippen LogP contribution in [0.25, 0.3) is 11.1 Å². The van der Waals surface area contributed by atoms with Crippen molar-refractivity contribution in [2.24, 2.45) is 0 Å². The van der Waals surface area contributed by atoms with Gasteiger partial charge in [-0.25, -0.2) is 0 Å². The summed E-state index contributed by atoms with van der Waals surface area (Å²) in [5, 5.41) is 12.7. The van der Waals surface area contributed by atoms with E-state index in [2.05, 4.69) is 48.0 Å². The van der Waals surface area contributed by atoms with E-state index in [1.165, 1.54) is 10.5 Å². The molecule has 0 aromatic heterocycles. The Labute approximate surface area is 129 Å². The molecule has 2 rings (SSSR count). The SMILES string of the molecule is CSc1ccc(-c2cccc(NCC(O)CCl)c2)cc1. The Balaban J connectivity index is 2.12. The van der Waals surface area contributed by atoms with Crippen LogP contribution in [0.4, 0.5) is 5.69 Å². The average molecular weight is 308 g/mol. The van der Waals surface area contributed by atoms with Crippen LogP contribution in [0.1, 0.15) is 0 Å². The molecule has 0 fully saturated rings. The van der Waals surface area contributed by atoms with Gasteiger partial charge in [0, 0.05) is 17.1 Å². The van der Waals surface area contributed by atoms with Gasteiger partial charge in [-0.05, 0) is 41.6 Å². The summed E-state index contributed by atoms with van der Waals surface area (Å²) in [6.07, 6.45) is 1.54. The van der Waals surface area contributed by atoms with E-state index in [1.54, 1.807) is 11.8 Å². The largest absolute Gasteiger partial charge is 0.390 e. The molecule has 4 heteroatoms. The molecule has 2 nitrogen and oxygen atoms in total. The number of benzene rings is 2. The molecule has 0 aliphatic rings. The number of anilines is 1. The number of alkyl halides is 1. The minimum absolute atomic E-state index is 0.239. The van der Waals surface area contributed by atoms with Gasteiger partial charge in [-0.3, -0.25) is 0 Å². The van der Waals surface area contributed by atoms with E-state index < -0.39 is 6.10 Å². The third kappa shape index (κ3) is 4.17. The molecule has 0 heterocycles. The van der Waals surface area contributed by atoms with Crippen LogP contribution in [0, 0.1) is 0 Å². The zero-order chi connectivity index (χ0) is 14.4. The summed E-state index contributed by atoms with van der Waals surface area (Å²) in [4.78, 5) is 1.26. The number of thioether (sulfide) groups is 1. The lowest BCUT2D eigenvalue weighted by molar-refractivity contribution is 0.211. The molecule has 0 saturated carbocycles. The van der Waals surface area contributed by atoms with Crippen LogP contribution in [0.5, 0.6) is 0 Å². The summed E-state index contributed by atoms with van der Waals surface area (Å²) in [5.74, 6) is 0.239. The standard InChI is InChI=1S/C16H18ClNOS/c1-20-16-7-5-12(6-8-16)13-3-2-4-14(9-13)18-11-15(19)10-17/h2-9,15,18-19H,10-11H2,1H3. The molecule has 2 N–H and O–H groups in total. The van der Waals surface area contributed by atoms with Crippen molar-refractivity contribution in [3.63, 3.8) is 0 Å². The molecule has 0 aliphatic carbocycles. The highest BCUT2D eigenvalue weighted by molar-refractivity contribution is 7.98. The Morgan fingerprint density at radius 2 is 1.90 bits per heavy atom. The van der Waals surface area contributed by atoms with Crippen LogP contribution in [-0.4, -0.2) is 29.9 Å². The maximum Gasteiger partial charge on any atom is 0.0847 e. The summed E-state index contributed by atoms with van der Waals surface area (Å²) < 4.78 is 0. The van der Waals surface area contributed by atoms with Gasteiger partial charge in [-0.15, -0.1) is 23.4 Å². The number of aliphatic hydroxyl groups is 1. The molecule has 20 heavy (non-hydrogen) atoms. The first kappa shape index (κ1) is 15.2. The smallest absolute Gasteiger partial charge is 0.0847 e. The van der Waals surface area contributed by atoms with Gasteiger partial charge in [-0.1, -0.05) is 24.3 Å². The maximum absolute atomic E-state index is 9.47. The minimum atomic E-state index is -0.527. The van der Waals surface area contributed by atoms with Crippen molar-refractivity contribution in [3.8, 4) is 11.1 Å². The van der Waals surface area contributed by atoms with Crippen molar-refractivity contribution in [2.75, 3.05) is 24.0 Å². The van der Waals surface area contributed by atoms with E-state index in [4.69, 9.17) is 11.6 Å². The second-order valence-corrected chi connectivity index (χ2v) is 5.69. The van der Waals surface area contributed by atoms with Crippen molar-refractivity contribution >= 4 is 29.1 Å². The third-order valence-electron chi connectivity index (χ3n) is 3.01. The van der Waals surface area contributed by atoms with Crippen molar-refractivity contribution < 1.29 is 5.11 Å². The molecule has 2 aromatic carbocycles. The lowest BCUT2D eigenvalue weighted by Crippen LogP contribution is -2.20. The fraction of sp³-hybridized carbons (Fsp3) is 0.250. The van der Waals surface area contributed by atoms with Crippen LogP contribution in [0.3, 0.4) is 0 Å². The van der Waals surface area contributed by atoms with Gasteiger partial charge in [0.05, 0.1) is 12.0 Å². The summed E-state index contributed by atoms with van der Waals surface area (Å²) >= 11 is 7.32. The molecule has 1 unspecified atom stereocenters. The maximum atomic E-state index is 9.47. The van der Waals surface area contributed by atoms with E-state index in [-0.39, 0.29) is 5.88 Å². The monoisotopic (exact) mass is 307 g/mol. The Morgan fingerprint density at radius 1 is 1.15 bits per heavy atom. The van der Waals surface area contributed by atoms with Gasteiger partial charge < -0.3 is 10.4 Å². The first-order valence-corrected chi connectivity index (χ1v) is 8.21. The zero-order valence-electron chi connectivity index (χ0n) is 11.3. The van der Waals surface area contributed by atoms with Gasteiger partial charge in [0.15, 0.2) is 0 Å². The molecule has 2 aromatic rings. The van der Waals surface area contributed by atoms with Crippen LogP contribution < -0.4 is 5.32 Å². The first-order chi connectivity index (χ1) is 9.72. The van der Waals surface area contributed by atoms with Gasteiger partial charge in [0.2, 0.25) is 0 Å². The van der Waals surface area contributed by atoms with E-state index in [9.17, 15) is 5.11 Å². The molecule has 0 amide bonds. The molecule has 0 spiro atoms. The van der Waals surface area contributed by atoms with Crippen LogP contribution in [-0.2, 0) is 0 Å². The number of hydrogen-bond donors (Lipinski definition) is 2. The average Bonchev–Trinajstić information content (AvgIpc) is 2.53. The molecule has 0 aliphatic heterocycles. The van der Waals surface area contributed by atoms with Crippen molar-refractivity contribution in [2.45, 2.75) is 11.0 Å². The molecule has 0 saturated heterocycles. The Kier molecular flexibility index (Phi) is 5.77. The van der Waals surface area contributed by atoms with E-state index in [0.717, 1.165) is 11.3 Å².